The summed E-state index contributed by atoms with van der Waals surface area (Å²) in [6.45, 7) is 7.98. The van der Waals surface area contributed by atoms with Crippen LogP contribution in [-0.4, -0.2) is 40.0 Å². The number of thiazole rings is 1. The zero-order valence-corrected chi connectivity index (χ0v) is 15.9. The van der Waals surface area contributed by atoms with Gasteiger partial charge in [-0.2, -0.15) is 0 Å². The maximum absolute atomic E-state index is 12.9. The first-order valence-electron chi connectivity index (χ1n) is 8.21. The Hall–Kier alpha value is -2.21. The maximum atomic E-state index is 12.9. The molecule has 0 aliphatic carbocycles. The molecule has 0 atom stereocenters. The molecule has 2 aromatic rings. The average molecular weight is 360 g/mol. The molecule has 1 aromatic heterocycles. The molecular weight excluding hydrogens is 336 g/mol. The van der Waals surface area contributed by atoms with Crippen LogP contribution in [0.5, 0.6) is 0 Å². The van der Waals surface area contributed by atoms with Gasteiger partial charge < -0.3 is 10.0 Å². The van der Waals surface area contributed by atoms with Crippen LogP contribution in [0.15, 0.2) is 30.3 Å². The van der Waals surface area contributed by atoms with Crippen LogP contribution in [0.1, 0.15) is 46.7 Å². The number of benzene rings is 1. The molecule has 0 bridgehead atoms. The van der Waals surface area contributed by atoms with Crippen molar-refractivity contribution >= 4 is 23.2 Å². The predicted molar refractivity (Wildman–Crippen MR) is 99.2 cm³/mol. The van der Waals surface area contributed by atoms with Crippen molar-refractivity contribution < 1.29 is 14.7 Å². The molecule has 0 aliphatic heterocycles. The Labute approximate surface area is 152 Å². The van der Waals surface area contributed by atoms with E-state index in [1.54, 1.807) is 6.92 Å². The maximum Gasteiger partial charge on any atom is 0.323 e. The van der Waals surface area contributed by atoms with Gasteiger partial charge in [-0.15, -0.1) is 11.3 Å². The molecule has 134 valence electrons. The highest BCUT2D eigenvalue weighted by molar-refractivity contribution is 7.14. The van der Waals surface area contributed by atoms with Gasteiger partial charge in [0.1, 0.15) is 11.4 Å². The largest absolute Gasteiger partial charge is 0.480 e. The molecule has 0 unspecified atom stereocenters. The number of aromatic nitrogens is 1. The Morgan fingerprint density at radius 1 is 1.20 bits per heavy atom. The zero-order valence-electron chi connectivity index (χ0n) is 15.1. The molecule has 25 heavy (non-hydrogen) atoms. The molecule has 0 saturated carbocycles. The first kappa shape index (κ1) is 19.1. The van der Waals surface area contributed by atoms with Gasteiger partial charge in [-0.05, 0) is 18.9 Å². The Bertz CT molecular complexity index is 748. The second kappa shape index (κ2) is 7.78. The highest BCUT2D eigenvalue weighted by atomic mass is 32.1. The number of carboxylic acid groups (broad SMARTS) is 1. The Balaban J connectivity index is 2.20. The van der Waals surface area contributed by atoms with Crippen molar-refractivity contribution in [1.82, 2.24) is 9.88 Å². The van der Waals surface area contributed by atoms with Crippen LogP contribution in [0.4, 0.5) is 0 Å². The summed E-state index contributed by atoms with van der Waals surface area (Å²) in [6, 6.07) is 9.74. The highest BCUT2D eigenvalue weighted by Crippen LogP contribution is 2.30. The third kappa shape index (κ3) is 5.13. The summed E-state index contributed by atoms with van der Waals surface area (Å²) in [4.78, 5) is 30.5. The molecule has 0 radical (unpaired) electrons. The highest BCUT2D eigenvalue weighted by Gasteiger charge is 2.26. The summed E-state index contributed by atoms with van der Waals surface area (Å²) in [5.74, 6) is -1.27. The van der Waals surface area contributed by atoms with E-state index in [4.69, 9.17) is 0 Å². The van der Waals surface area contributed by atoms with E-state index in [9.17, 15) is 14.7 Å². The van der Waals surface area contributed by atoms with Crippen molar-refractivity contribution in [1.29, 1.82) is 0 Å². The number of aliphatic carboxylic acids is 1. The summed E-state index contributed by atoms with van der Waals surface area (Å²) in [5.41, 5.74) is 1.59. The van der Waals surface area contributed by atoms with Crippen LogP contribution in [0.3, 0.4) is 0 Å². The molecule has 0 aliphatic rings. The van der Waals surface area contributed by atoms with Gasteiger partial charge in [0.2, 0.25) is 0 Å². The standard InChI is InChI=1S/C19H24N2O3S/c1-13-16(25-18(20-13)19(2,3)4)17(24)21(12-15(22)23)11-10-14-8-6-5-7-9-14/h5-9H,10-12H2,1-4H3,(H,22,23). The van der Waals surface area contributed by atoms with Gasteiger partial charge in [0, 0.05) is 12.0 Å². The number of rotatable bonds is 6. The van der Waals surface area contributed by atoms with E-state index in [1.807, 2.05) is 51.1 Å². The smallest absolute Gasteiger partial charge is 0.323 e. The van der Waals surface area contributed by atoms with E-state index >= 15 is 0 Å². The van der Waals surface area contributed by atoms with E-state index in [-0.39, 0.29) is 17.9 Å². The van der Waals surface area contributed by atoms with Crippen molar-refractivity contribution in [2.75, 3.05) is 13.1 Å². The van der Waals surface area contributed by atoms with Gasteiger partial charge in [-0.1, -0.05) is 51.1 Å². The quantitative estimate of drug-likeness (QED) is 0.856. The van der Waals surface area contributed by atoms with Gasteiger partial charge in [-0.25, -0.2) is 4.98 Å². The average Bonchev–Trinajstić information content (AvgIpc) is 2.93. The van der Waals surface area contributed by atoms with E-state index in [2.05, 4.69) is 4.98 Å². The molecule has 1 heterocycles. The van der Waals surface area contributed by atoms with Gasteiger partial charge in [-0.3, -0.25) is 9.59 Å². The normalized spacial score (nSPS) is 11.4. The Morgan fingerprint density at radius 2 is 1.84 bits per heavy atom. The van der Waals surface area contributed by atoms with E-state index in [0.29, 0.717) is 23.5 Å². The van der Waals surface area contributed by atoms with E-state index in [1.165, 1.54) is 16.2 Å². The molecule has 1 aromatic carbocycles. The van der Waals surface area contributed by atoms with Gasteiger partial charge >= 0.3 is 5.97 Å². The number of amides is 1. The van der Waals surface area contributed by atoms with Crippen molar-refractivity contribution in [3.63, 3.8) is 0 Å². The minimum atomic E-state index is -1.01. The van der Waals surface area contributed by atoms with Crippen LogP contribution in [0.2, 0.25) is 0 Å². The molecule has 0 fully saturated rings. The van der Waals surface area contributed by atoms with Crippen LogP contribution < -0.4 is 0 Å². The third-order valence-electron chi connectivity index (χ3n) is 3.76. The molecule has 2 rings (SSSR count). The number of aryl methyl sites for hydroxylation is 1. The summed E-state index contributed by atoms with van der Waals surface area (Å²) in [6.07, 6.45) is 0.615. The topological polar surface area (TPSA) is 70.5 Å². The lowest BCUT2D eigenvalue weighted by Gasteiger charge is -2.20. The second-order valence-corrected chi connectivity index (χ2v) is 8.04. The minimum absolute atomic E-state index is 0.143. The first-order chi connectivity index (χ1) is 11.7. The van der Waals surface area contributed by atoms with Crippen molar-refractivity contribution in [2.24, 2.45) is 0 Å². The SMILES string of the molecule is Cc1nc(C(C)(C)C)sc1C(=O)N(CCc1ccccc1)CC(=O)O. The van der Waals surface area contributed by atoms with Crippen LogP contribution in [-0.2, 0) is 16.6 Å². The molecule has 0 spiro atoms. The first-order valence-corrected chi connectivity index (χ1v) is 9.03. The molecule has 1 amide bonds. The fourth-order valence-corrected chi connectivity index (χ4v) is 3.48. The number of carbonyl (C=O) groups is 2. The lowest BCUT2D eigenvalue weighted by molar-refractivity contribution is -0.137. The molecule has 1 N–H and O–H groups in total. The fraction of sp³-hybridized carbons (Fsp3) is 0.421. The van der Waals surface area contributed by atoms with Crippen LogP contribution in [0, 0.1) is 6.92 Å². The molecule has 5 nitrogen and oxygen atoms in total. The van der Waals surface area contributed by atoms with Crippen molar-refractivity contribution in [3.05, 3.63) is 51.5 Å². The number of hydrogen-bond acceptors (Lipinski definition) is 4. The third-order valence-corrected chi connectivity index (χ3v) is 5.33. The second-order valence-electron chi connectivity index (χ2n) is 7.04. The zero-order chi connectivity index (χ0) is 18.6. The van der Waals surface area contributed by atoms with Gasteiger partial charge in [0.15, 0.2) is 0 Å². The lowest BCUT2D eigenvalue weighted by Crippen LogP contribution is -2.37. The summed E-state index contributed by atoms with van der Waals surface area (Å²) in [7, 11) is 0. The fourth-order valence-electron chi connectivity index (χ4n) is 2.38. The Kier molecular flexibility index (Phi) is 5.95. The van der Waals surface area contributed by atoms with E-state index < -0.39 is 5.97 Å². The van der Waals surface area contributed by atoms with Crippen molar-refractivity contribution in [2.45, 2.75) is 39.5 Å². The molecule has 6 heteroatoms. The number of hydrogen-bond donors (Lipinski definition) is 1. The number of carbonyl (C=O) groups excluding carboxylic acids is 1. The minimum Gasteiger partial charge on any atom is -0.480 e. The predicted octanol–water partition coefficient (Wildman–Crippen LogP) is 3.52. The van der Waals surface area contributed by atoms with E-state index in [0.717, 1.165) is 10.6 Å². The number of carboxylic acids is 1. The summed E-state index contributed by atoms with van der Waals surface area (Å²) >= 11 is 1.36. The molecular formula is C19H24N2O3S. The van der Waals surface area contributed by atoms with Gasteiger partial charge in [0.25, 0.3) is 5.91 Å². The van der Waals surface area contributed by atoms with Crippen molar-refractivity contribution in [3.8, 4) is 0 Å². The monoisotopic (exact) mass is 360 g/mol. The molecule has 0 saturated heterocycles. The van der Waals surface area contributed by atoms with Crippen LogP contribution in [0.25, 0.3) is 0 Å². The summed E-state index contributed by atoms with van der Waals surface area (Å²) < 4.78 is 0. The number of nitrogens with zero attached hydrogens (tertiary/aromatic N) is 2. The lowest BCUT2D eigenvalue weighted by atomic mass is 9.98. The summed E-state index contributed by atoms with van der Waals surface area (Å²) in [5, 5.41) is 10.1. The van der Waals surface area contributed by atoms with Gasteiger partial charge in [0.05, 0.1) is 10.7 Å². The van der Waals surface area contributed by atoms with Crippen LogP contribution >= 0.6 is 11.3 Å². The Morgan fingerprint density at radius 3 is 2.36 bits per heavy atom.